The van der Waals surface area contributed by atoms with Crippen LogP contribution in [0.4, 0.5) is 17.1 Å². The molecule has 0 fully saturated rings. The molecule has 0 atom stereocenters. The second-order valence-corrected chi connectivity index (χ2v) is 3.84. The zero-order valence-corrected chi connectivity index (χ0v) is 9.54. The molecule has 2 rings (SSSR count). The van der Waals surface area contributed by atoms with Crippen LogP contribution < -0.4 is 5.32 Å². The van der Waals surface area contributed by atoms with Gasteiger partial charge in [-0.05, 0) is 18.6 Å². The Hall–Kier alpha value is -2.37. The molecule has 1 heterocycles. The molecule has 0 aliphatic heterocycles. The highest BCUT2D eigenvalue weighted by Gasteiger charge is 2.08. The summed E-state index contributed by atoms with van der Waals surface area (Å²) < 4.78 is 1.66. The highest BCUT2D eigenvalue weighted by Crippen LogP contribution is 2.23. The average Bonchev–Trinajstić information content (AvgIpc) is 2.63. The Morgan fingerprint density at radius 1 is 1.35 bits per heavy atom. The molecule has 1 aromatic carbocycles. The molecule has 0 amide bonds. The van der Waals surface area contributed by atoms with Crippen molar-refractivity contribution < 1.29 is 4.92 Å². The molecule has 0 radical (unpaired) electrons. The number of non-ortho nitro benzene ring substituents is 1. The van der Waals surface area contributed by atoms with E-state index >= 15 is 0 Å². The number of nitrogens with one attached hydrogen (secondary N) is 1. The molecule has 0 aliphatic carbocycles. The highest BCUT2D eigenvalue weighted by molar-refractivity contribution is 5.62. The van der Waals surface area contributed by atoms with E-state index in [1.165, 1.54) is 12.1 Å². The average molecular weight is 232 g/mol. The topological polar surface area (TPSA) is 73.0 Å². The summed E-state index contributed by atoms with van der Waals surface area (Å²) in [6.45, 7) is 1.82. The van der Waals surface area contributed by atoms with Gasteiger partial charge in [0, 0.05) is 31.1 Å². The van der Waals surface area contributed by atoms with E-state index in [0.717, 1.165) is 11.3 Å². The minimum atomic E-state index is -0.401. The molecule has 0 bridgehead atoms. The zero-order chi connectivity index (χ0) is 12.4. The zero-order valence-electron chi connectivity index (χ0n) is 9.54. The van der Waals surface area contributed by atoms with Crippen LogP contribution in [0.25, 0.3) is 0 Å². The van der Waals surface area contributed by atoms with Crippen molar-refractivity contribution in [1.29, 1.82) is 0 Å². The minimum absolute atomic E-state index is 0.0800. The Kier molecular flexibility index (Phi) is 2.78. The second-order valence-electron chi connectivity index (χ2n) is 3.84. The fraction of sp³-hybridized carbons (Fsp3) is 0.182. The number of hydrogen-bond donors (Lipinski definition) is 1. The van der Waals surface area contributed by atoms with Crippen LogP contribution in [0, 0.1) is 17.0 Å². The molecular formula is C11H12N4O2. The Morgan fingerprint density at radius 2 is 2.12 bits per heavy atom. The number of aryl methyl sites for hydroxylation is 2. The fourth-order valence-electron chi connectivity index (χ4n) is 1.59. The summed E-state index contributed by atoms with van der Waals surface area (Å²) in [5, 5.41) is 17.8. The second kappa shape index (κ2) is 4.25. The molecular weight excluding hydrogens is 220 g/mol. The summed E-state index contributed by atoms with van der Waals surface area (Å²) in [5.41, 5.74) is 2.40. The van der Waals surface area contributed by atoms with Crippen molar-refractivity contribution in [3.63, 3.8) is 0 Å². The van der Waals surface area contributed by atoms with Gasteiger partial charge in [0.2, 0.25) is 0 Å². The number of nitro benzene ring substituents is 1. The van der Waals surface area contributed by atoms with Gasteiger partial charge < -0.3 is 5.32 Å². The first kappa shape index (κ1) is 11.1. The van der Waals surface area contributed by atoms with E-state index in [2.05, 4.69) is 10.4 Å². The van der Waals surface area contributed by atoms with E-state index in [4.69, 9.17) is 0 Å². The maximum Gasteiger partial charge on any atom is 0.271 e. The van der Waals surface area contributed by atoms with Crippen molar-refractivity contribution in [3.05, 3.63) is 46.3 Å². The lowest BCUT2D eigenvalue weighted by Gasteiger charge is -2.04. The largest absolute Gasteiger partial charge is 0.353 e. The predicted octanol–water partition coefficient (Wildman–Crippen LogP) is 2.38. The number of aromatic nitrogens is 2. The molecule has 0 saturated heterocycles. The van der Waals surface area contributed by atoms with Crippen LogP contribution in [-0.4, -0.2) is 14.7 Å². The molecule has 0 unspecified atom stereocenters. The summed E-state index contributed by atoms with van der Waals surface area (Å²) in [4.78, 5) is 10.3. The summed E-state index contributed by atoms with van der Waals surface area (Å²) in [5.74, 6) is 0. The lowest BCUT2D eigenvalue weighted by molar-refractivity contribution is -0.384. The summed E-state index contributed by atoms with van der Waals surface area (Å²) in [7, 11) is 1.81. The lowest BCUT2D eigenvalue weighted by atomic mass is 10.2. The quantitative estimate of drug-likeness (QED) is 0.651. The molecule has 0 aliphatic rings. The van der Waals surface area contributed by atoms with E-state index in [-0.39, 0.29) is 5.69 Å². The highest BCUT2D eigenvalue weighted by atomic mass is 16.6. The van der Waals surface area contributed by atoms with E-state index in [1.54, 1.807) is 17.1 Å². The van der Waals surface area contributed by atoms with Crippen LogP contribution in [0.3, 0.4) is 0 Å². The number of hydrogen-bond acceptors (Lipinski definition) is 4. The number of nitro groups is 1. The van der Waals surface area contributed by atoms with E-state index < -0.39 is 4.92 Å². The summed E-state index contributed by atoms with van der Waals surface area (Å²) >= 11 is 0. The first-order valence-corrected chi connectivity index (χ1v) is 5.06. The van der Waals surface area contributed by atoms with Crippen molar-refractivity contribution in [1.82, 2.24) is 9.78 Å². The Bertz CT molecular complexity index is 562. The summed E-state index contributed by atoms with van der Waals surface area (Å²) in [6, 6.07) is 4.88. The van der Waals surface area contributed by atoms with Crippen LogP contribution >= 0.6 is 0 Å². The van der Waals surface area contributed by atoms with Gasteiger partial charge in [-0.2, -0.15) is 5.10 Å². The van der Waals surface area contributed by atoms with E-state index in [0.29, 0.717) is 5.69 Å². The molecule has 1 N–H and O–H groups in total. The normalized spacial score (nSPS) is 10.2. The molecule has 1 aromatic heterocycles. The standard InChI is InChI=1S/C11H12N4O2/c1-8-3-9(5-11(4-8)15(16)17)13-10-6-12-14(2)7-10/h3-7,13H,1-2H3. The van der Waals surface area contributed by atoms with Crippen LogP contribution in [0.5, 0.6) is 0 Å². The molecule has 0 saturated carbocycles. The van der Waals surface area contributed by atoms with Crippen molar-refractivity contribution in [3.8, 4) is 0 Å². The van der Waals surface area contributed by atoms with Crippen molar-refractivity contribution in [2.24, 2.45) is 7.05 Å². The summed E-state index contributed by atoms with van der Waals surface area (Å²) in [6.07, 6.45) is 3.46. The van der Waals surface area contributed by atoms with E-state index in [9.17, 15) is 10.1 Å². The molecule has 6 heteroatoms. The number of anilines is 2. The van der Waals surface area contributed by atoms with Gasteiger partial charge in [0.25, 0.3) is 5.69 Å². The monoisotopic (exact) mass is 232 g/mol. The molecule has 88 valence electrons. The molecule has 0 spiro atoms. The van der Waals surface area contributed by atoms with Crippen LogP contribution in [0.2, 0.25) is 0 Å². The fourth-order valence-corrected chi connectivity index (χ4v) is 1.59. The first-order chi connectivity index (χ1) is 8.04. The number of nitrogens with zero attached hydrogens (tertiary/aromatic N) is 3. The minimum Gasteiger partial charge on any atom is -0.353 e. The van der Waals surface area contributed by atoms with Crippen molar-refractivity contribution >= 4 is 17.1 Å². The van der Waals surface area contributed by atoms with Gasteiger partial charge in [-0.1, -0.05) is 0 Å². The maximum atomic E-state index is 10.7. The van der Waals surface area contributed by atoms with Crippen LogP contribution in [0.15, 0.2) is 30.6 Å². The van der Waals surface area contributed by atoms with Gasteiger partial charge in [0.15, 0.2) is 0 Å². The van der Waals surface area contributed by atoms with Crippen molar-refractivity contribution in [2.75, 3.05) is 5.32 Å². The van der Waals surface area contributed by atoms with Crippen LogP contribution in [0.1, 0.15) is 5.56 Å². The van der Waals surface area contributed by atoms with Gasteiger partial charge in [0.05, 0.1) is 16.8 Å². The third-order valence-electron chi connectivity index (χ3n) is 2.27. The third kappa shape index (κ3) is 2.60. The molecule has 17 heavy (non-hydrogen) atoms. The number of rotatable bonds is 3. The van der Waals surface area contributed by atoms with Gasteiger partial charge in [0.1, 0.15) is 0 Å². The maximum absolute atomic E-state index is 10.7. The van der Waals surface area contributed by atoms with Crippen LogP contribution in [-0.2, 0) is 7.05 Å². The van der Waals surface area contributed by atoms with E-state index in [1.807, 2.05) is 20.0 Å². The Balaban J connectivity index is 2.29. The third-order valence-corrected chi connectivity index (χ3v) is 2.27. The Labute approximate surface area is 98.0 Å². The van der Waals surface area contributed by atoms with Gasteiger partial charge in [-0.15, -0.1) is 0 Å². The SMILES string of the molecule is Cc1cc(Nc2cnn(C)c2)cc([N+](=O)[O-])c1. The predicted molar refractivity (Wildman–Crippen MR) is 64.3 cm³/mol. The van der Waals surface area contributed by atoms with Gasteiger partial charge in [-0.25, -0.2) is 0 Å². The molecule has 6 nitrogen and oxygen atoms in total. The lowest BCUT2D eigenvalue weighted by Crippen LogP contribution is -1.93. The smallest absolute Gasteiger partial charge is 0.271 e. The number of benzene rings is 1. The van der Waals surface area contributed by atoms with Crippen molar-refractivity contribution in [2.45, 2.75) is 6.92 Å². The van der Waals surface area contributed by atoms with Gasteiger partial charge >= 0.3 is 0 Å². The first-order valence-electron chi connectivity index (χ1n) is 5.06. The van der Waals surface area contributed by atoms with Gasteiger partial charge in [-0.3, -0.25) is 14.8 Å². The Morgan fingerprint density at radius 3 is 2.71 bits per heavy atom. The molecule has 2 aromatic rings.